The Morgan fingerprint density at radius 3 is 2.50 bits per heavy atom. The molecule has 20 heavy (non-hydrogen) atoms. The van der Waals surface area contributed by atoms with Crippen LogP contribution in [0.15, 0.2) is 16.9 Å². The maximum absolute atomic E-state index is 12.3. The van der Waals surface area contributed by atoms with Gasteiger partial charge in [-0.1, -0.05) is 6.92 Å². The molecule has 1 unspecified atom stereocenters. The zero-order valence-electron chi connectivity index (χ0n) is 10.6. The van der Waals surface area contributed by atoms with Crippen molar-refractivity contribution in [2.75, 3.05) is 13.1 Å². The Labute approximate surface area is 119 Å². The third-order valence-electron chi connectivity index (χ3n) is 2.47. The lowest BCUT2D eigenvalue weighted by Crippen LogP contribution is -2.35. The van der Waals surface area contributed by atoms with Crippen LogP contribution in [-0.4, -0.2) is 24.0 Å². The number of aromatic amines is 1. The highest BCUT2D eigenvalue weighted by Crippen LogP contribution is 2.26. The second-order valence-electron chi connectivity index (χ2n) is 4.16. The van der Waals surface area contributed by atoms with E-state index < -0.39 is 23.3 Å². The van der Waals surface area contributed by atoms with Gasteiger partial charge in [0.1, 0.15) is 11.3 Å². The average Bonchev–Trinajstić information content (AvgIpc) is 2.34. The molecule has 1 heterocycles. The third-order valence-corrected chi connectivity index (χ3v) is 2.47. The van der Waals surface area contributed by atoms with Crippen molar-refractivity contribution in [3.05, 3.63) is 33.7 Å². The number of halogens is 4. The Hall–Kier alpha value is -1.54. The van der Waals surface area contributed by atoms with Gasteiger partial charge in [0, 0.05) is 6.54 Å². The van der Waals surface area contributed by atoms with Crippen molar-refractivity contribution in [1.29, 1.82) is 0 Å². The number of carbonyl (C=O) groups is 1. The average molecular weight is 314 g/mol. The summed E-state index contributed by atoms with van der Waals surface area (Å²) in [6.45, 7) is 2.39. The predicted octanol–water partition coefficient (Wildman–Crippen LogP) is 1.14. The topological polar surface area (TPSA) is 88.0 Å². The van der Waals surface area contributed by atoms with Crippen LogP contribution in [0.1, 0.15) is 23.0 Å². The fourth-order valence-electron chi connectivity index (χ4n) is 1.26. The van der Waals surface area contributed by atoms with E-state index >= 15 is 0 Å². The summed E-state index contributed by atoms with van der Waals surface area (Å²) in [5, 5.41) is 2.43. The second kappa shape index (κ2) is 7.30. The Kier molecular flexibility index (Phi) is 6.74. The number of hydrogen-bond acceptors (Lipinski definition) is 3. The summed E-state index contributed by atoms with van der Waals surface area (Å²) in [4.78, 5) is 24.6. The van der Waals surface area contributed by atoms with Crippen LogP contribution in [0, 0.1) is 5.92 Å². The maximum Gasteiger partial charge on any atom is 0.431 e. The number of nitrogens with one attached hydrogen (secondary N) is 2. The normalized spacial score (nSPS) is 12.4. The van der Waals surface area contributed by atoms with E-state index in [2.05, 4.69) is 5.32 Å². The molecule has 1 rings (SSSR count). The minimum atomic E-state index is -4.65. The van der Waals surface area contributed by atoms with Crippen LogP contribution in [0.2, 0.25) is 0 Å². The monoisotopic (exact) mass is 313 g/mol. The number of amides is 1. The van der Waals surface area contributed by atoms with Gasteiger partial charge in [0.15, 0.2) is 0 Å². The Morgan fingerprint density at radius 2 is 2.05 bits per heavy atom. The third kappa shape index (κ3) is 4.86. The van der Waals surface area contributed by atoms with Crippen molar-refractivity contribution in [2.24, 2.45) is 11.7 Å². The van der Waals surface area contributed by atoms with Gasteiger partial charge in [0.2, 0.25) is 0 Å². The van der Waals surface area contributed by atoms with E-state index in [9.17, 15) is 22.8 Å². The SMILES string of the molecule is CC(CN)CNC(=O)c1ccc(C(F)(F)F)[nH]c1=O.Cl. The molecule has 0 saturated heterocycles. The molecule has 0 aliphatic heterocycles. The maximum atomic E-state index is 12.3. The van der Waals surface area contributed by atoms with E-state index in [4.69, 9.17) is 5.73 Å². The van der Waals surface area contributed by atoms with E-state index in [1.807, 2.05) is 0 Å². The molecule has 0 saturated carbocycles. The Morgan fingerprint density at radius 1 is 1.45 bits per heavy atom. The number of aromatic nitrogens is 1. The first-order valence-electron chi connectivity index (χ1n) is 5.54. The van der Waals surface area contributed by atoms with Crippen LogP contribution >= 0.6 is 12.4 Å². The molecule has 0 aliphatic rings. The highest BCUT2D eigenvalue weighted by molar-refractivity contribution is 5.93. The number of nitrogens with two attached hydrogens (primary N) is 1. The molecule has 0 bridgehead atoms. The summed E-state index contributed by atoms with van der Waals surface area (Å²) in [6, 6.07) is 1.51. The van der Waals surface area contributed by atoms with E-state index in [0.717, 1.165) is 6.07 Å². The molecular weight excluding hydrogens is 299 g/mol. The van der Waals surface area contributed by atoms with Gasteiger partial charge in [0.05, 0.1) is 0 Å². The van der Waals surface area contributed by atoms with Crippen molar-refractivity contribution in [2.45, 2.75) is 13.1 Å². The van der Waals surface area contributed by atoms with Gasteiger partial charge >= 0.3 is 6.18 Å². The summed E-state index contributed by atoms with van der Waals surface area (Å²) in [5.74, 6) is -0.715. The molecule has 5 nitrogen and oxygen atoms in total. The molecule has 0 aromatic carbocycles. The zero-order valence-corrected chi connectivity index (χ0v) is 11.4. The first kappa shape index (κ1) is 18.5. The second-order valence-corrected chi connectivity index (χ2v) is 4.16. The first-order chi connectivity index (χ1) is 8.75. The highest BCUT2D eigenvalue weighted by atomic mass is 35.5. The summed E-state index contributed by atoms with van der Waals surface area (Å²) in [6.07, 6.45) is -4.65. The van der Waals surface area contributed by atoms with Gasteiger partial charge in [-0.2, -0.15) is 13.2 Å². The molecule has 1 aromatic heterocycles. The van der Waals surface area contributed by atoms with E-state index in [1.54, 1.807) is 11.9 Å². The lowest BCUT2D eigenvalue weighted by molar-refractivity contribution is -0.141. The Balaban J connectivity index is 0.00000361. The fraction of sp³-hybridized carbons (Fsp3) is 0.455. The van der Waals surface area contributed by atoms with Crippen LogP contribution in [0.4, 0.5) is 13.2 Å². The van der Waals surface area contributed by atoms with E-state index in [-0.39, 0.29) is 30.4 Å². The largest absolute Gasteiger partial charge is 0.431 e. The number of H-pyrrole nitrogens is 1. The zero-order chi connectivity index (χ0) is 14.6. The number of hydrogen-bond donors (Lipinski definition) is 3. The molecule has 0 fully saturated rings. The van der Waals surface area contributed by atoms with Crippen molar-refractivity contribution in [3.8, 4) is 0 Å². The van der Waals surface area contributed by atoms with Gasteiger partial charge in [-0.15, -0.1) is 12.4 Å². The van der Waals surface area contributed by atoms with Crippen LogP contribution in [0.5, 0.6) is 0 Å². The van der Waals surface area contributed by atoms with Crippen LogP contribution in [0.3, 0.4) is 0 Å². The lowest BCUT2D eigenvalue weighted by Gasteiger charge is -2.10. The van der Waals surface area contributed by atoms with Gasteiger partial charge < -0.3 is 16.0 Å². The highest BCUT2D eigenvalue weighted by Gasteiger charge is 2.32. The van der Waals surface area contributed by atoms with Crippen LogP contribution in [-0.2, 0) is 6.18 Å². The molecular formula is C11H15ClF3N3O2. The summed E-state index contributed by atoms with van der Waals surface area (Å²) >= 11 is 0. The fourth-order valence-corrected chi connectivity index (χ4v) is 1.26. The van der Waals surface area contributed by atoms with E-state index in [1.165, 1.54) is 0 Å². The van der Waals surface area contributed by atoms with Crippen LogP contribution in [0.25, 0.3) is 0 Å². The number of pyridine rings is 1. The molecule has 9 heteroatoms. The predicted molar refractivity (Wildman–Crippen MR) is 69.9 cm³/mol. The lowest BCUT2D eigenvalue weighted by atomic mass is 10.1. The number of rotatable bonds is 4. The van der Waals surface area contributed by atoms with Crippen molar-refractivity contribution >= 4 is 18.3 Å². The minimum absolute atomic E-state index is 0. The van der Waals surface area contributed by atoms with Gasteiger partial charge in [0.25, 0.3) is 11.5 Å². The van der Waals surface area contributed by atoms with Crippen LogP contribution < -0.4 is 16.6 Å². The Bertz CT molecular complexity index is 516. The molecule has 1 atom stereocenters. The summed E-state index contributed by atoms with van der Waals surface area (Å²) < 4.78 is 36.9. The molecule has 114 valence electrons. The molecule has 4 N–H and O–H groups in total. The first-order valence-corrected chi connectivity index (χ1v) is 5.54. The molecule has 1 amide bonds. The molecule has 0 aliphatic carbocycles. The molecule has 1 aromatic rings. The minimum Gasteiger partial charge on any atom is -0.352 e. The van der Waals surface area contributed by atoms with Crippen molar-refractivity contribution in [1.82, 2.24) is 10.3 Å². The number of carbonyl (C=O) groups excluding carboxylic acids is 1. The smallest absolute Gasteiger partial charge is 0.352 e. The molecule has 0 spiro atoms. The van der Waals surface area contributed by atoms with Gasteiger partial charge in [-0.3, -0.25) is 9.59 Å². The summed E-state index contributed by atoms with van der Waals surface area (Å²) in [5.41, 5.74) is 2.72. The van der Waals surface area contributed by atoms with Crippen molar-refractivity contribution < 1.29 is 18.0 Å². The standard InChI is InChI=1S/C11H14F3N3O2.ClH/c1-6(4-15)5-16-9(18)7-2-3-8(11(12,13)14)17-10(7)19;/h2-3,6H,4-5,15H2,1H3,(H,16,18)(H,17,19);1H. The van der Waals surface area contributed by atoms with E-state index in [0.29, 0.717) is 12.6 Å². The quantitative estimate of drug-likeness (QED) is 0.779. The van der Waals surface area contributed by atoms with Gasteiger partial charge in [-0.25, -0.2) is 0 Å². The van der Waals surface area contributed by atoms with Crippen molar-refractivity contribution in [3.63, 3.8) is 0 Å². The van der Waals surface area contributed by atoms with Gasteiger partial charge in [-0.05, 0) is 24.6 Å². The number of alkyl halides is 3. The summed E-state index contributed by atoms with van der Waals surface area (Å²) in [7, 11) is 0. The molecule has 0 radical (unpaired) electrons.